The molecule has 0 aromatic carbocycles. The minimum atomic E-state index is -4.93. The molecule has 0 aliphatic heterocycles. The van der Waals surface area contributed by atoms with Gasteiger partial charge in [0.25, 0.3) is 0 Å². The maximum absolute atomic E-state index is 12.8. The summed E-state index contributed by atoms with van der Waals surface area (Å²) >= 11 is 0. The lowest BCUT2D eigenvalue weighted by Crippen LogP contribution is -2.30. The summed E-state index contributed by atoms with van der Waals surface area (Å²) in [7, 11) is -9.85. The van der Waals surface area contributed by atoms with Crippen LogP contribution in [0.25, 0.3) is 0 Å². The molecule has 3 N–H and O–H groups in total. The van der Waals surface area contributed by atoms with Crippen molar-refractivity contribution in [1.82, 2.24) is 0 Å². The maximum Gasteiger partial charge on any atom is 0.472 e. The van der Waals surface area contributed by atoms with Crippen LogP contribution in [0.5, 0.6) is 0 Å². The number of phosphoric acid groups is 2. The molecule has 0 rings (SSSR count). The van der Waals surface area contributed by atoms with Crippen molar-refractivity contribution in [2.24, 2.45) is 11.8 Å². The Morgan fingerprint density at radius 1 is 0.375 bits per heavy atom. The minimum absolute atomic E-state index is 0.102. The predicted molar refractivity (Wildman–Crippen MR) is 280 cm³/mol. The second-order valence-corrected chi connectivity index (χ2v) is 23.1. The summed E-state index contributed by atoms with van der Waals surface area (Å²) < 4.78 is 67.2. The van der Waals surface area contributed by atoms with Gasteiger partial charge in [0.1, 0.15) is 19.3 Å². The molecule has 426 valence electrons. The predicted octanol–water partition coefficient (Wildman–Crippen LogP) is 13.4. The lowest BCUT2D eigenvalue weighted by Gasteiger charge is -2.21. The largest absolute Gasteiger partial charge is 0.472 e. The van der Waals surface area contributed by atoms with Crippen molar-refractivity contribution in [1.29, 1.82) is 0 Å². The van der Waals surface area contributed by atoms with Gasteiger partial charge in [-0.2, -0.15) is 0 Å². The summed E-state index contributed by atoms with van der Waals surface area (Å²) in [6.45, 7) is 9.13. The first-order chi connectivity index (χ1) is 34.4. The van der Waals surface area contributed by atoms with Gasteiger partial charge in [-0.15, -0.1) is 0 Å². The van der Waals surface area contributed by atoms with Gasteiger partial charge >= 0.3 is 39.5 Å². The number of ether oxygens (including phenoxy) is 4. The van der Waals surface area contributed by atoms with E-state index in [0.717, 1.165) is 109 Å². The van der Waals surface area contributed by atoms with Crippen molar-refractivity contribution < 1.29 is 80.2 Å². The van der Waals surface area contributed by atoms with Crippen molar-refractivity contribution in [2.45, 2.75) is 265 Å². The number of carbonyl (C=O) groups excluding carboxylic acids is 4. The first kappa shape index (κ1) is 70.1. The molecule has 19 heteroatoms. The minimum Gasteiger partial charge on any atom is -0.462 e. The van der Waals surface area contributed by atoms with Gasteiger partial charge in [-0.3, -0.25) is 37.3 Å². The summed E-state index contributed by atoms with van der Waals surface area (Å²) in [6.07, 6.45) is 24.5. The van der Waals surface area contributed by atoms with Crippen LogP contribution in [0.15, 0.2) is 0 Å². The highest BCUT2D eigenvalue weighted by Gasteiger charge is 2.30. The fourth-order valence-electron chi connectivity index (χ4n) is 7.59. The number of aliphatic hydroxyl groups is 1. The zero-order valence-electron chi connectivity index (χ0n) is 45.7. The molecule has 0 saturated carbocycles. The number of carbonyl (C=O) groups is 4. The van der Waals surface area contributed by atoms with Gasteiger partial charge in [0, 0.05) is 25.7 Å². The van der Waals surface area contributed by atoms with Gasteiger partial charge in [-0.1, -0.05) is 196 Å². The number of hydrogen-bond donors (Lipinski definition) is 3. The summed E-state index contributed by atoms with van der Waals surface area (Å²) in [6, 6.07) is 0. The Hall–Kier alpha value is -1.94. The summed E-state index contributed by atoms with van der Waals surface area (Å²) in [4.78, 5) is 71.3. The van der Waals surface area contributed by atoms with E-state index in [-0.39, 0.29) is 25.7 Å². The molecule has 0 aromatic heterocycles. The monoisotopic (exact) mass is 1070 g/mol. The Bertz CT molecular complexity index is 1450. The Morgan fingerprint density at radius 2 is 0.639 bits per heavy atom. The normalized spacial score (nSPS) is 14.7. The first-order valence-corrected chi connectivity index (χ1v) is 31.0. The molecule has 0 aromatic rings. The van der Waals surface area contributed by atoms with E-state index in [1.54, 1.807) is 0 Å². The third-order valence-electron chi connectivity index (χ3n) is 12.0. The van der Waals surface area contributed by atoms with Crippen LogP contribution in [0.4, 0.5) is 0 Å². The molecule has 0 aliphatic carbocycles. The third-order valence-corrected chi connectivity index (χ3v) is 13.9. The van der Waals surface area contributed by atoms with E-state index >= 15 is 0 Å². The van der Waals surface area contributed by atoms with Crippen LogP contribution in [0.3, 0.4) is 0 Å². The summed E-state index contributed by atoms with van der Waals surface area (Å²) in [5, 5.41) is 10.4. The molecule has 0 radical (unpaired) electrons. The van der Waals surface area contributed by atoms with E-state index in [4.69, 9.17) is 37.0 Å². The number of rotatable bonds is 52. The van der Waals surface area contributed by atoms with E-state index in [1.165, 1.54) is 44.9 Å². The summed E-state index contributed by atoms with van der Waals surface area (Å²) in [5.74, 6) is -0.792. The highest BCUT2D eigenvalue weighted by Crippen LogP contribution is 2.45. The quantitative estimate of drug-likeness (QED) is 0.0222. The highest BCUT2D eigenvalue weighted by molar-refractivity contribution is 7.47. The fourth-order valence-corrected chi connectivity index (χ4v) is 9.17. The SMILES string of the molecule is CCCCCCCCCCC(=O)O[C@H](COC(=O)CCCCCCC)COP(=O)(O)OC[C@H](O)COP(=O)(O)OC[C@@H](COC(=O)CCCCCCCCC(C)C)OC(=O)CCCCCCCCCC(C)C. The van der Waals surface area contributed by atoms with Crippen molar-refractivity contribution in [3.8, 4) is 0 Å². The second kappa shape index (κ2) is 46.4. The molecular formula is C53H102O17P2. The Labute approximate surface area is 435 Å². The van der Waals surface area contributed by atoms with Gasteiger partial charge in [0.05, 0.1) is 26.4 Å². The summed E-state index contributed by atoms with van der Waals surface area (Å²) in [5.41, 5.74) is 0. The second-order valence-electron chi connectivity index (χ2n) is 20.2. The topological polar surface area (TPSA) is 237 Å². The Balaban J connectivity index is 5.19. The van der Waals surface area contributed by atoms with Crippen LogP contribution < -0.4 is 0 Å². The Morgan fingerprint density at radius 3 is 0.944 bits per heavy atom. The molecule has 0 aliphatic rings. The number of aliphatic hydroxyl groups excluding tert-OH is 1. The van der Waals surface area contributed by atoms with Crippen LogP contribution in [0.1, 0.15) is 247 Å². The van der Waals surface area contributed by atoms with Crippen molar-refractivity contribution in [2.75, 3.05) is 39.6 Å². The number of esters is 4. The molecular weight excluding hydrogens is 971 g/mol. The van der Waals surface area contributed by atoms with E-state index in [9.17, 15) is 43.2 Å². The number of phosphoric ester groups is 2. The van der Waals surface area contributed by atoms with Gasteiger partial charge < -0.3 is 33.8 Å². The zero-order valence-corrected chi connectivity index (χ0v) is 47.5. The van der Waals surface area contributed by atoms with Gasteiger partial charge in [0.2, 0.25) is 0 Å². The lowest BCUT2D eigenvalue weighted by atomic mass is 10.0. The fraction of sp³-hybridized carbons (Fsp3) is 0.925. The van der Waals surface area contributed by atoms with Crippen LogP contribution in [-0.4, -0.2) is 96.7 Å². The van der Waals surface area contributed by atoms with Gasteiger partial charge in [-0.05, 0) is 37.5 Å². The molecule has 72 heavy (non-hydrogen) atoms. The van der Waals surface area contributed by atoms with Crippen LogP contribution in [0, 0.1) is 11.8 Å². The van der Waals surface area contributed by atoms with E-state index in [1.807, 2.05) is 0 Å². The molecule has 0 amide bonds. The first-order valence-electron chi connectivity index (χ1n) is 28.0. The maximum atomic E-state index is 12.8. The lowest BCUT2D eigenvalue weighted by molar-refractivity contribution is -0.161. The zero-order chi connectivity index (χ0) is 53.7. The molecule has 0 spiro atoms. The molecule has 2 unspecified atom stereocenters. The van der Waals surface area contributed by atoms with Gasteiger partial charge in [0.15, 0.2) is 12.2 Å². The van der Waals surface area contributed by atoms with Gasteiger partial charge in [-0.25, -0.2) is 9.13 Å². The molecule has 0 heterocycles. The van der Waals surface area contributed by atoms with E-state index < -0.39 is 97.5 Å². The molecule has 5 atom stereocenters. The number of hydrogen-bond acceptors (Lipinski definition) is 15. The molecule has 17 nitrogen and oxygen atoms in total. The molecule has 0 fully saturated rings. The highest BCUT2D eigenvalue weighted by atomic mass is 31.2. The van der Waals surface area contributed by atoms with Crippen LogP contribution >= 0.6 is 15.6 Å². The van der Waals surface area contributed by atoms with E-state index in [2.05, 4.69) is 41.5 Å². The average molecular weight is 1070 g/mol. The smallest absolute Gasteiger partial charge is 0.462 e. The Kier molecular flexibility index (Phi) is 45.1. The third kappa shape index (κ3) is 47.8. The molecule has 0 saturated heterocycles. The molecule has 0 bridgehead atoms. The van der Waals surface area contributed by atoms with Crippen LogP contribution in [-0.2, 0) is 65.4 Å². The number of unbranched alkanes of at least 4 members (excludes halogenated alkanes) is 22. The van der Waals surface area contributed by atoms with Crippen LogP contribution in [0.2, 0.25) is 0 Å². The van der Waals surface area contributed by atoms with Crippen molar-refractivity contribution >= 4 is 39.5 Å². The van der Waals surface area contributed by atoms with Crippen molar-refractivity contribution in [3.05, 3.63) is 0 Å². The van der Waals surface area contributed by atoms with Crippen molar-refractivity contribution in [3.63, 3.8) is 0 Å². The standard InChI is InChI=1S/C53H102O17P2/c1-7-9-11-13-14-17-25-31-37-52(57)69-48(41-63-50(55)35-29-21-12-10-8-2)43-67-71(59,60)65-39-47(54)40-66-72(61,62)68-44-49(42-64-51(56)36-30-24-20-19-23-28-34-46(5)6)70-53(58)38-32-26-18-15-16-22-27-33-45(3)4/h45-49,54H,7-44H2,1-6H3,(H,59,60)(H,61,62)/t47-,48+,49+/m0/s1. The van der Waals surface area contributed by atoms with E-state index in [0.29, 0.717) is 37.5 Å². The average Bonchev–Trinajstić information content (AvgIpc) is 3.32.